The third-order valence-electron chi connectivity index (χ3n) is 1.93. The Bertz CT molecular complexity index is 589. The third-order valence-corrected chi connectivity index (χ3v) is 2.27. The highest BCUT2D eigenvalue weighted by atomic mass is 35.5. The fourth-order valence-electron chi connectivity index (χ4n) is 1.24. The Morgan fingerprint density at radius 2 is 1.65 bits per heavy atom. The number of benzene rings is 1. The molecule has 0 unspecified atom stereocenters. The summed E-state index contributed by atoms with van der Waals surface area (Å²) in [6.45, 7) is 4.00. The number of nitro benzene ring substituents is 1. The van der Waals surface area contributed by atoms with E-state index in [2.05, 4.69) is 20.3 Å². The Morgan fingerprint density at radius 1 is 1.10 bits per heavy atom. The van der Waals surface area contributed by atoms with Crippen LogP contribution in [0.15, 0.2) is 24.3 Å². The van der Waals surface area contributed by atoms with Gasteiger partial charge in [-0.25, -0.2) is 0 Å². The maximum absolute atomic E-state index is 10.8. The topological polar surface area (TPSA) is 93.8 Å². The first-order chi connectivity index (χ1) is 9.56. The summed E-state index contributed by atoms with van der Waals surface area (Å²) < 4.78 is 0. The van der Waals surface area contributed by atoms with Gasteiger partial charge < -0.3 is 5.32 Å². The largest absolute Gasteiger partial charge is 0.318 e. The molecule has 0 fully saturated rings. The molecule has 1 N–H and O–H groups in total. The third kappa shape index (κ3) is 4.29. The summed E-state index contributed by atoms with van der Waals surface area (Å²) in [5.74, 6) is 0.0364. The Kier molecular flexibility index (Phi) is 6.08. The normalized spacial score (nSPS) is 9.40. The molecular weight excluding hydrogens is 305 g/mol. The first-order valence-corrected chi connectivity index (χ1v) is 6.39. The van der Waals surface area contributed by atoms with E-state index in [1.165, 1.54) is 12.1 Å². The molecule has 0 atom stereocenters. The van der Waals surface area contributed by atoms with Gasteiger partial charge in [0.15, 0.2) is 0 Å². The first kappa shape index (κ1) is 16.1. The molecule has 1 aromatic heterocycles. The lowest BCUT2D eigenvalue weighted by Gasteiger charge is -2.05. The minimum absolute atomic E-state index is 0.0364. The first-order valence-electron chi connectivity index (χ1n) is 5.64. The predicted octanol–water partition coefficient (Wildman–Crippen LogP) is 3.86. The van der Waals surface area contributed by atoms with E-state index in [4.69, 9.17) is 23.2 Å². The predicted molar refractivity (Wildman–Crippen MR) is 77.6 cm³/mol. The van der Waals surface area contributed by atoms with E-state index in [0.717, 1.165) is 0 Å². The standard InChI is InChI=1S/C9H5Cl2N5O2.C2H6/c10-7-13-8(11)15-9(14-7)12-5-3-1-2-4-6(5)16(17)18;1-2/h1-4H,(H,12,13,14,15);1-2H3. The monoisotopic (exact) mass is 315 g/mol. The minimum Gasteiger partial charge on any atom is -0.318 e. The number of anilines is 2. The Balaban J connectivity index is 0.000000956. The maximum Gasteiger partial charge on any atom is 0.292 e. The van der Waals surface area contributed by atoms with E-state index < -0.39 is 4.92 Å². The molecule has 2 aromatic rings. The van der Waals surface area contributed by atoms with Gasteiger partial charge in [-0.3, -0.25) is 10.1 Å². The van der Waals surface area contributed by atoms with Crippen LogP contribution in [-0.4, -0.2) is 19.9 Å². The zero-order valence-corrected chi connectivity index (χ0v) is 12.2. The van der Waals surface area contributed by atoms with Crippen molar-refractivity contribution in [3.05, 3.63) is 44.9 Å². The molecule has 0 saturated heterocycles. The van der Waals surface area contributed by atoms with Gasteiger partial charge in [-0.2, -0.15) is 15.0 Å². The van der Waals surface area contributed by atoms with Gasteiger partial charge in [0.1, 0.15) is 5.69 Å². The van der Waals surface area contributed by atoms with Gasteiger partial charge in [-0.05, 0) is 29.3 Å². The van der Waals surface area contributed by atoms with Crippen LogP contribution in [0.4, 0.5) is 17.3 Å². The average molecular weight is 316 g/mol. The number of para-hydroxylation sites is 2. The van der Waals surface area contributed by atoms with Crippen molar-refractivity contribution in [2.75, 3.05) is 5.32 Å². The summed E-state index contributed by atoms with van der Waals surface area (Å²) in [5, 5.41) is 13.3. The zero-order chi connectivity index (χ0) is 15.1. The van der Waals surface area contributed by atoms with Crippen LogP contribution >= 0.6 is 23.2 Å². The summed E-state index contributed by atoms with van der Waals surface area (Å²) in [7, 11) is 0. The summed E-state index contributed by atoms with van der Waals surface area (Å²) in [6, 6.07) is 6.06. The van der Waals surface area contributed by atoms with Crippen molar-refractivity contribution in [1.82, 2.24) is 15.0 Å². The van der Waals surface area contributed by atoms with Crippen LogP contribution in [0.25, 0.3) is 0 Å². The van der Waals surface area contributed by atoms with Crippen LogP contribution in [0.1, 0.15) is 13.8 Å². The fourth-order valence-corrected chi connectivity index (χ4v) is 1.60. The number of rotatable bonds is 3. The lowest BCUT2D eigenvalue weighted by molar-refractivity contribution is -0.383. The molecule has 0 aliphatic heterocycles. The molecule has 106 valence electrons. The Labute approximate surface area is 125 Å². The molecule has 9 heteroatoms. The van der Waals surface area contributed by atoms with Crippen LogP contribution in [0.5, 0.6) is 0 Å². The summed E-state index contributed by atoms with van der Waals surface area (Å²) in [5.41, 5.74) is 0.131. The van der Waals surface area contributed by atoms with Crippen LogP contribution < -0.4 is 5.32 Å². The molecule has 1 aromatic carbocycles. The zero-order valence-electron chi connectivity index (χ0n) is 10.7. The minimum atomic E-state index is -0.521. The number of nitrogens with one attached hydrogen (secondary N) is 1. The number of nitro groups is 1. The van der Waals surface area contributed by atoms with Gasteiger partial charge >= 0.3 is 0 Å². The lowest BCUT2D eigenvalue weighted by Crippen LogP contribution is -2.01. The molecule has 0 aliphatic rings. The van der Waals surface area contributed by atoms with Gasteiger partial charge in [0.2, 0.25) is 16.5 Å². The molecule has 0 amide bonds. The van der Waals surface area contributed by atoms with E-state index in [1.807, 2.05) is 13.8 Å². The van der Waals surface area contributed by atoms with Crippen molar-refractivity contribution in [1.29, 1.82) is 0 Å². The molecular formula is C11H11Cl2N5O2. The maximum atomic E-state index is 10.8. The number of aromatic nitrogens is 3. The quantitative estimate of drug-likeness (QED) is 0.682. The van der Waals surface area contributed by atoms with Crippen LogP contribution in [0.2, 0.25) is 10.6 Å². The fraction of sp³-hybridized carbons (Fsp3) is 0.182. The Morgan fingerprint density at radius 3 is 2.20 bits per heavy atom. The number of hydrogen-bond acceptors (Lipinski definition) is 6. The highest BCUT2D eigenvalue weighted by Gasteiger charge is 2.14. The SMILES string of the molecule is CC.O=[N+]([O-])c1ccccc1Nc1nc(Cl)nc(Cl)n1. The van der Waals surface area contributed by atoms with Crippen molar-refractivity contribution in [3.63, 3.8) is 0 Å². The van der Waals surface area contributed by atoms with Crippen LogP contribution in [0.3, 0.4) is 0 Å². The molecule has 20 heavy (non-hydrogen) atoms. The molecule has 1 heterocycles. The van der Waals surface area contributed by atoms with Crippen molar-refractivity contribution in [3.8, 4) is 0 Å². The number of nitrogens with zero attached hydrogens (tertiary/aromatic N) is 4. The molecule has 0 spiro atoms. The van der Waals surface area contributed by atoms with Crippen molar-refractivity contribution in [2.24, 2.45) is 0 Å². The van der Waals surface area contributed by atoms with E-state index in [9.17, 15) is 10.1 Å². The van der Waals surface area contributed by atoms with Crippen molar-refractivity contribution >= 4 is 40.5 Å². The lowest BCUT2D eigenvalue weighted by atomic mass is 10.3. The van der Waals surface area contributed by atoms with E-state index in [0.29, 0.717) is 0 Å². The van der Waals surface area contributed by atoms with Crippen molar-refractivity contribution in [2.45, 2.75) is 13.8 Å². The van der Waals surface area contributed by atoms with E-state index >= 15 is 0 Å². The van der Waals surface area contributed by atoms with Crippen molar-refractivity contribution < 1.29 is 4.92 Å². The molecule has 7 nitrogen and oxygen atoms in total. The molecule has 0 aliphatic carbocycles. The number of halogens is 2. The highest BCUT2D eigenvalue weighted by Crippen LogP contribution is 2.26. The summed E-state index contributed by atoms with van der Waals surface area (Å²) in [6.07, 6.45) is 0. The smallest absolute Gasteiger partial charge is 0.292 e. The summed E-state index contributed by atoms with van der Waals surface area (Å²) >= 11 is 11.2. The summed E-state index contributed by atoms with van der Waals surface area (Å²) in [4.78, 5) is 21.4. The van der Waals surface area contributed by atoms with Gasteiger partial charge in [-0.15, -0.1) is 0 Å². The van der Waals surface area contributed by atoms with Crippen LogP contribution in [-0.2, 0) is 0 Å². The highest BCUT2D eigenvalue weighted by molar-refractivity contribution is 6.31. The molecule has 0 saturated carbocycles. The van der Waals surface area contributed by atoms with Gasteiger partial charge in [0, 0.05) is 6.07 Å². The number of hydrogen-bond donors (Lipinski definition) is 1. The molecule has 2 rings (SSSR count). The van der Waals surface area contributed by atoms with Crippen LogP contribution in [0, 0.1) is 10.1 Å². The van der Waals surface area contributed by atoms with E-state index in [1.54, 1.807) is 12.1 Å². The molecule has 0 radical (unpaired) electrons. The average Bonchev–Trinajstić information content (AvgIpc) is 2.40. The molecule has 0 bridgehead atoms. The Hall–Kier alpha value is -1.99. The van der Waals surface area contributed by atoms with Gasteiger partial charge in [0.05, 0.1) is 4.92 Å². The van der Waals surface area contributed by atoms with Gasteiger partial charge in [-0.1, -0.05) is 26.0 Å². The second-order valence-electron chi connectivity index (χ2n) is 3.10. The van der Waals surface area contributed by atoms with Gasteiger partial charge in [0.25, 0.3) is 5.69 Å². The second kappa shape index (κ2) is 7.56. The van der Waals surface area contributed by atoms with E-state index in [-0.39, 0.29) is 27.9 Å². The second-order valence-corrected chi connectivity index (χ2v) is 3.77.